The van der Waals surface area contributed by atoms with Gasteiger partial charge in [0.15, 0.2) is 0 Å². The summed E-state index contributed by atoms with van der Waals surface area (Å²) in [4.78, 5) is 0.200. The van der Waals surface area contributed by atoms with E-state index in [4.69, 9.17) is 11.5 Å². The molecule has 0 saturated heterocycles. The van der Waals surface area contributed by atoms with Crippen LogP contribution >= 0.6 is 0 Å². The second-order valence-electron chi connectivity index (χ2n) is 3.89. The summed E-state index contributed by atoms with van der Waals surface area (Å²) in [5.41, 5.74) is 1.21. The minimum Gasteiger partial charge on any atom is -0.392 e. The Morgan fingerprint density at radius 1 is 1.44 bits per heavy atom. The van der Waals surface area contributed by atoms with E-state index in [2.05, 4.69) is 5.92 Å². The van der Waals surface area contributed by atoms with Gasteiger partial charge in [-0.05, 0) is 24.1 Å². The van der Waals surface area contributed by atoms with Crippen molar-refractivity contribution < 1.29 is 13.5 Å². The van der Waals surface area contributed by atoms with Gasteiger partial charge < -0.3 is 5.11 Å². The molecule has 1 rings (SSSR count). The number of hydrogen-bond acceptors (Lipinski definition) is 3. The van der Waals surface area contributed by atoms with Crippen molar-refractivity contribution >= 4 is 10.0 Å². The highest BCUT2D eigenvalue weighted by molar-refractivity contribution is 7.89. The lowest BCUT2D eigenvalue weighted by atomic mass is 10.2. The molecule has 0 bridgehead atoms. The van der Waals surface area contributed by atoms with Crippen molar-refractivity contribution in [1.82, 2.24) is 4.31 Å². The van der Waals surface area contributed by atoms with E-state index in [9.17, 15) is 8.42 Å². The Balaban J connectivity index is 3.31. The highest BCUT2D eigenvalue weighted by Crippen LogP contribution is 2.21. The summed E-state index contributed by atoms with van der Waals surface area (Å²) >= 11 is 0. The molecule has 0 aromatic heterocycles. The monoisotopic (exact) mass is 267 g/mol. The number of benzene rings is 1. The quantitative estimate of drug-likeness (QED) is 0.814. The predicted molar refractivity (Wildman–Crippen MR) is 70.4 cm³/mol. The van der Waals surface area contributed by atoms with E-state index >= 15 is 0 Å². The van der Waals surface area contributed by atoms with Crippen LogP contribution in [0.2, 0.25) is 0 Å². The normalized spacial score (nSPS) is 11.5. The Morgan fingerprint density at radius 2 is 2.11 bits per heavy atom. The molecule has 18 heavy (non-hydrogen) atoms. The molecule has 1 N–H and O–H groups in total. The maximum absolute atomic E-state index is 12.4. The number of terminal acetylenes is 1. The molecule has 0 aliphatic rings. The van der Waals surface area contributed by atoms with Crippen molar-refractivity contribution in [3.8, 4) is 12.3 Å². The molecule has 0 radical (unpaired) electrons. The first-order chi connectivity index (χ1) is 8.47. The van der Waals surface area contributed by atoms with Crippen molar-refractivity contribution in [3.05, 3.63) is 29.3 Å². The number of hydrogen-bond donors (Lipinski definition) is 1. The van der Waals surface area contributed by atoms with Gasteiger partial charge in [0.05, 0.1) is 18.0 Å². The number of aliphatic hydroxyl groups excluding tert-OH is 1. The van der Waals surface area contributed by atoms with Gasteiger partial charge in [0.2, 0.25) is 10.0 Å². The number of aliphatic hydroxyl groups is 1. The van der Waals surface area contributed by atoms with Crippen LogP contribution in [-0.2, 0) is 16.6 Å². The predicted octanol–water partition coefficient (Wildman–Crippen LogP) is 1.13. The molecule has 0 saturated carbocycles. The van der Waals surface area contributed by atoms with Gasteiger partial charge >= 0.3 is 0 Å². The molecule has 0 aliphatic heterocycles. The Morgan fingerprint density at radius 3 is 2.61 bits per heavy atom. The SMILES string of the molecule is C#CCN(CC)S(=O)(=O)c1cc(CO)ccc1C. The Kier molecular flexibility index (Phi) is 4.91. The maximum atomic E-state index is 12.4. The van der Waals surface area contributed by atoms with Crippen molar-refractivity contribution in [3.63, 3.8) is 0 Å². The summed E-state index contributed by atoms with van der Waals surface area (Å²) < 4.78 is 26.0. The second kappa shape index (κ2) is 6.01. The molecule has 0 aliphatic carbocycles. The van der Waals surface area contributed by atoms with Gasteiger partial charge in [-0.25, -0.2) is 8.42 Å². The molecule has 98 valence electrons. The summed E-state index contributed by atoms with van der Waals surface area (Å²) in [6, 6.07) is 4.87. The Bertz CT molecular complexity index is 558. The molecule has 5 heteroatoms. The number of rotatable bonds is 5. The van der Waals surface area contributed by atoms with Crippen LogP contribution in [0.1, 0.15) is 18.1 Å². The van der Waals surface area contributed by atoms with E-state index in [0.29, 0.717) is 17.7 Å². The molecule has 0 fully saturated rings. The number of sulfonamides is 1. The third-order valence-electron chi connectivity index (χ3n) is 2.67. The topological polar surface area (TPSA) is 57.6 Å². The zero-order valence-corrected chi connectivity index (χ0v) is 11.4. The van der Waals surface area contributed by atoms with E-state index in [0.717, 1.165) is 0 Å². The van der Waals surface area contributed by atoms with Crippen LogP contribution in [0.4, 0.5) is 0 Å². The van der Waals surface area contributed by atoms with Crippen molar-refractivity contribution in [2.45, 2.75) is 25.3 Å². The van der Waals surface area contributed by atoms with Crippen LogP contribution in [0.5, 0.6) is 0 Å². The van der Waals surface area contributed by atoms with Crippen molar-refractivity contribution in [2.24, 2.45) is 0 Å². The molecule has 0 heterocycles. The largest absolute Gasteiger partial charge is 0.392 e. The zero-order valence-electron chi connectivity index (χ0n) is 10.5. The fourth-order valence-electron chi connectivity index (χ4n) is 1.63. The first-order valence-corrected chi connectivity index (χ1v) is 7.05. The first kappa shape index (κ1) is 14.7. The molecule has 0 atom stereocenters. The lowest BCUT2D eigenvalue weighted by molar-refractivity contribution is 0.281. The first-order valence-electron chi connectivity index (χ1n) is 5.61. The van der Waals surface area contributed by atoms with Crippen LogP contribution < -0.4 is 0 Å². The van der Waals surface area contributed by atoms with Gasteiger partial charge in [-0.2, -0.15) is 4.31 Å². The summed E-state index contributed by atoms with van der Waals surface area (Å²) in [6.07, 6.45) is 5.18. The molecule has 4 nitrogen and oxygen atoms in total. The van der Waals surface area contributed by atoms with Crippen LogP contribution in [0.15, 0.2) is 23.1 Å². The zero-order chi connectivity index (χ0) is 13.8. The van der Waals surface area contributed by atoms with Crippen LogP contribution in [0.3, 0.4) is 0 Å². The lowest BCUT2D eigenvalue weighted by Gasteiger charge is -2.19. The highest BCUT2D eigenvalue weighted by atomic mass is 32.2. The van der Waals surface area contributed by atoms with E-state index in [-0.39, 0.29) is 18.0 Å². The molecule has 0 unspecified atom stereocenters. The fraction of sp³-hybridized carbons (Fsp3) is 0.385. The molecule has 1 aromatic rings. The summed E-state index contributed by atoms with van der Waals surface area (Å²) in [6.45, 7) is 3.62. The van der Waals surface area contributed by atoms with Crippen LogP contribution in [-0.4, -0.2) is 30.9 Å². The minimum absolute atomic E-state index is 0.0433. The average molecular weight is 267 g/mol. The smallest absolute Gasteiger partial charge is 0.244 e. The lowest BCUT2D eigenvalue weighted by Crippen LogP contribution is -2.31. The van der Waals surface area contributed by atoms with Crippen LogP contribution in [0.25, 0.3) is 0 Å². The van der Waals surface area contributed by atoms with Crippen LogP contribution in [0, 0.1) is 19.3 Å². The van der Waals surface area contributed by atoms with Gasteiger partial charge in [0.25, 0.3) is 0 Å². The third-order valence-corrected chi connectivity index (χ3v) is 4.74. The molecule has 0 spiro atoms. The standard InChI is InChI=1S/C13H17NO3S/c1-4-8-14(5-2)18(16,17)13-9-12(10-15)7-6-11(13)3/h1,6-7,9,15H,5,8,10H2,2-3H3. The highest BCUT2D eigenvalue weighted by Gasteiger charge is 2.24. The fourth-order valence-corrected chi connectivity index (χ4v) is 3.27. The minimum atomic E-state index is -3.60. The van der Waals surface area contributed by atoms with Gasteiger partial charge in [-0.3, -0.25) is 0 Å². The van der Waals surface area contributed by atoms with E-state index in [1.807, 2.05) is 0 Å². The van der Waals surface area contributed by atoms with Gasteiger partial charge in [-0.15, -0.1) is 6.42 Å². The molecular formula is C13H17NO3S. The van der Waals surface area contributed by atoms with Gasteiger partial charge in [-0.1, -0.05) is 25.0 Å². The summed E-state index contributed by atoms with van der Waals surface area (Å²) in [5, 5.41) is 9.08. The molecular weight excluding hydrogens is 250 g/mol. The Labute approximate surface area is 108 Å². The Hall–Kier alpha value is -1.35. The van der Waals surface area contributed by atoms with Gasteiger partial charge in [0.1, 0.15) is 0 Å². The third kappa shape index (κ3) is 2.91. The average Bonchev–Trinajstić information content (AvgIpc) is 2.36. The van der Waals surface area contributed by atoms with Crippen molar-refractivity contribution in [1.29, 1.82) is 0 Å². The van der Waals surface area contributed by atoms with E-state index in [1.54, 1.807) is 26.0 Å². The summed E-state index contributed by atoms with van der Waals surface area (Å²) in [5.74, 6) is 2.34. The molecule has 0 amide bonds. The summed E-state index contributed by atoms with van der Waals surface area (Å²) in [7, 11) is -3.60. The van der Waals surface area contributed by atoms with Gasteiger partial charge in [0, 0.05) is 6.54 Å². The van der Waals surface area contributed by atoms with E-state index in [1.165, 1.54) is 10.4 Å². The molecule has 1 aromatic carbocycles. The maximum Gasteiger partial charge on any atom is 0.244 e. The second-order valence-corrected chi connectivity index (χ2v) is 5.80. The van der Waals surface area contributed by atoms with Crippen molar-refractivity contribution in [2.75, 3.05) is 13.1 Å². The van der Waals surface area contributed by atoms with E-state index < -0.39 is 10.0 Å². The number of aryl methyl sites for hydroxylation is 1. The number of nitrogens with zero attached hydrogens (tertiary/aromatic N) is 1.